The number of pyridine rings is 6. The van der Waals surface area contributed by atoms with E-state index in [1.54, 1.807) is 18.6 Å². The highest BCUT2D eigenvalue weighted by Crippen LogP contribution is 2.30. The molecule has 11 heteroatoms. The molecule has 16 aromatic rings. The fourth-order valence-electron chi connectivity index (χ4n) is 10.4. The quantitative estimate of drug-likeness (QED) is 0.153. The lowest BCUT2D eigenvalue weighted by Gasteiger charge is -2.06. The molecule has 412 valence electrons. The molecule has 0 saturated heterocycles. The van der Waals surface area contributed by atoms with Crippen molar-refractivity contribution in [3.63, 3.8) is 0 Å². The van der Waals surface area contributed by atoms with Gasteiger partial charge in [0.1, 0.15) is 22.6 Å². The zero-order valence-corrected chi connectivity index (χ0v) is 46.7. The Morgan fingerprint density at radius 2 is 0.547 bits per heavy atom. The van der Waals surface area contributed by atoms with Gasteiger partial charge in [-0.15, -0.1) is 0 Å². The van der Waals surface area contributed by atoms with Crippen LogP contribution in [-0.2, 0) is 6.61 Å². The van der Waals surface area contributed by atoms with Crippen LogP contribution >= 0.6 is 0 Å². The van der Waals surface area contributed by atoms with Crippen molar-refractivity contribution in [3.05, 3.63) is 329 Å². The minimum Gasteiger partial charge on any atom is -0.392 e. The molecule has 0 atom stereocenters. The Morgan fingerprint density at radius 3 is 0.872 bits per heavy atom. The number of aliphatic hydroxyl groups is 1. The van der Waals surface area contributed by atoms with Gasteiger partial charge in [0.15, 0.2) is 0 Å². The average molecular weight is 1110 g/mol. The van der Waals surface area contributed by atoms with Crippen molar-refractivity contribution in [2.75, 3.05) is 0 Å². The minimum absolute atomic E-state index is 0.0695. The molecule has 0 amide bonds. The van der Waals surface area contributed by atoms with Crippen LogP contribution in [0.5, 0.6) is 0 Å². The predicted octanol–water partition coefficient (Wildman–Crippen LogP) is 17.0. The molecule has 0 bridgehead atoms. The Morgan fingerprint density at radius 1 is 0.244 bits per heavy atom. The van der Waals surface area contributed by atoms with E-state index in [1.165, 1.54) is 38.9 Å². The summed E-state index contributed by atoms with van der Waals surface area (Å²) in [7, 11) is 0. The third-order valence-electron chi connectivity index (χ3n) is 14.9. The van der Waals surface area contributed by atoms with Crippen molar-refractivity contribution in [1.29, 1.82) is 0 Å². The Hall–Kier alpha value is -11.7. The molecule has 0 unspecified atom stereocenters. The molecule has 10 heterocycles. The van der Waals surface area contributed by atoms with Gasteiger partial charge in [0.25, 0.3) is 0 Å². The molecule has 10 aromatic heterocycles. The smallest absolute Gasteiger partial charge is 0.137 e. The highest BCUT2D eigenvalue weighted by molar-refractivity contribution is 5.75. The molecule has 11 nitrogen and oxygen atoms in total. The van der Waals surface area contributed by atoms with Gasteiger partial charge >= 0.3 is 0 Å². The van der Waals surface area contributed by atoms with Crippen LogP contribution in [-0.4, -0.2) is 52.6 Å². The summed E-state index contributed by atoms with van der Waals surface area (Å²) < 4.78 is 8.41. The second-order valence-electron chi connectivity index (χ2n) is 20.3. The zero-order chi connectivity index (χ0) is 57.9. The van der Waals surface area contributed by atoms with E-state index in [2.05, 4.69) is 194 Å². The van der Waals surface area contributed by atoms with Crippen LogP contribution in [0, 0.1) is 0 Å². The maximum atomic E-state index is 9.14. The molecule has 6 aromatic carbocycles. The van der Waals surface area contributed by atoms with Crippen LogP contribution < -0.4 is 0 Å². The topological polar surface area (TPSA) is 115 Å². The van der Waals surface area contributed by atoms with Crippen molar-refractivity contribution in [2.24, 2.45) is 0 Å². The van der Waals surface area contributed by atoms with Gasteiger partial charge < -0.3 is 5.11 Å². The first-order valence-corrected chi connectivity index (χ1v) is 28.3. The molecule has 0 saturated carbocycles. The molecule has 0 aliphatic rings. The first-order chi connectivity index (χ1) is 42.6. The predicted molar refractivity (Wildman–Crippen MR) is 346 cm³/mol. The van der Waals surface area contributed by atoms with Crippen molar-refractivity contribution in [2.45, 2.75) is 6.61 Å². The van der Waals surface area contributed by atoms with E-state index in [1.807, 2.05) is 158 Å². The third-order valence-corrected chi connectivity index (χ3v) is 14.9. The molecular formula is C75H56N10O. The van der Waals surface area contributed by atoms with Gasteiger partial charge in [-0.2, -0.15) is 0 Å². The highest BCUT2D eigenvalue weighted by atomic mass is 16.3. The van der Waals surface area contributed by atoms with Gasteiger partial charge in [-0.25, -0.2) is 19.9 Å². The second-order valence-corrected chi connectivity index (χ2v) is 20.3. The van der Waals surface area contributed by atoms with Gasteiger partial charge in [0.05, 0.1) is 54.2 Å². The summed E-state index contributed by atoms with van der Waals surface area (Å²) in [6.07, 6.45) is 23.1. The molecule has 0 fully saturated rings. The van der Waals surface area contributed by atoms with Crippen LogP contribution in [0.4, 0.5) is 0 Å². The van der Waals surface area contributed by atoms with Crippen molar-refractivity contribution < 1.29 is 5.11 Å². The van der Waals surface area contributed by atoms with E-state index in [9.17, 15) is 0 Å². The number of imidazole rings is 4. The van der Waals surface area contributed by atoms with E-state index in [4.69, 9.17) is 5.11 Å². The van der Waals surface area contributed by atoms with Gasteiger partial charge in [-0.05, 0) is 123 Å². The summed E-state index contributed by atoms with van der Waals surface area (Å²) in [4.78, 5) is 26.4. The number of hydrogen-bond acceptors (Lipinski definition) is 7. The molecule has 0 aliphatic heterocycles. The lowest BCUT2D eigenvalue weighted by atomic mass is 10.1. The van der Waals surface area contributed by atoms with Crippen molar-refractivity contribution in [3.8, 4) is 89.5 Å². The number of nitrogens with zero attached hydrogens (tertiary/aromatic N) is 10. The number of benzene rings is 6. The number of hydrogen-bond donors (Lipinski definition) is 1. The van der Waals surface area contributed by atoms with Crippen LogP contribution in [0.15, 0.2) is 323 Å². The summed E-state index contributed by atoms with van der Waals surface area (Å²) in [6.45, 7) is 0.0695. The monoisotopic (exact) mass is 1110 g/mol. The van der Waals surface area contributed by atoms with E-state index < -0.39 is 0 Å². The molecule has 0 radical (unpaired) electrons. The number of fused-ring (bicyclic) bond motifs is 4. The molecule has 16 rings (SSSR count). The highest BCUT2D eigenvalue weighted by Gasteiger charge is 2.12. The zero-order valence-electron chi connectivity index (χ0n) is 46.7. The first-order valence-electron chi connectivity index (χ1n) is 28.3. The summed E-state index contributed by atoms with van der Waals surface area (Å²) in [5.41, 5.74) is 22.9. The van der Waals surface area contributed by atoms with Gasteiger partial charge in [-0.1, -0.05) is 176 Å². The normalized spacial score (nSPS) is 10.9. The van der Waals surface area contributed by atoms with Crippen molar-refractivity contribution in [1.82, 2.24) is 47.5 Å². The Kier molecular flexibility index (Phi) is 15.7. The number of rotatable bonds is 9. The molecule has 86 heavy (non-hydrogen) atoms. The summed E-state index contributed by atoms with van der Waals surface area (Å²) in [5.74, 6) is 0. The lowest BCUT2D eigenvalue weighted by Crippen LogP contribution is -1.89. The maximum Gasteiger partial charge on any atom is 0.137 e. The Labute approximate surface area is 497 Å². The van der Waals surface area contributed by atoms with Crippen molar-refractivity contribution >= 4 is 22.6 Å². The largest absolute Gasteiger partial charge is 0.392 e. The second kappa shape index (κ2) is 25.2. The molecule has 0 spiro atoms. The van der Waals surface area contributed by atoms with E-state index in [0.29, 0.717) is 0 Å². The number of aliphatic hydroxyl groups excluding tert-OH is 1. The van der Waals surface area contributed by atoms with Crippen LogP contribution in [0.2, 0.25) is 0 Å². The van der Waals surface area contributed by atoms with Gasteiger partial charge in [0, 0.05) is 71.8 Å². The Balaban J connectivity index is 0.000000106. The summed E-state index contributed by atoms with van der Waals surface area (Å²) in [6, 6.07) is 84.5. The first kappa shape index (κ1) is 53.6. The molecule has 0 aliphatic carbocycles. The fourth-order valence-corrected chi connectivity index (χ4v) is 10.4. The lowest BCUT2D eigenvalue weighted by molar-refractivity contribution is 0.282. The SMILES string of the molecule is OCc1ccc(-c2ccn3c(-c4ccccc4)cnc3c2)cc1.c1ccc(-c2ccn3c(-c4ccccc4)cnc3c2)cc1.c1ccc(-c2ccn3c(-c4cccnc4)cnc3c2)cc1.c1ccc(-c2ccn3c(-c4ccncc4)cnc3c2)cc1. The Bertz CT molecular complexity index is 4460. The van der Waals surface area contributed by atoms with E-state index in [0.717, 1.165) is 78.7 Å². The fraction of sp³-hybridized carbons (Fsp3) is 0.0133. The summed E-state index contributed by atoms with van der Waals surface area (Å²) in [5, 5.41) is 9.14. The summed E-state index contributed by atoms with van der Waals surface area (Å²) >= 11 is 0. The third kappa shape index (κ3) is 11.8. The standard InChI is InChI=1S/C20H16N2O.C19H14N2.2C18H13N3/c23-14-15-6-8-16(9-7-15)18-10-11-22-19(13-21-20(22)12-18)17-4-2-1-3-5-17;1-3-7-15(8-4-1)17-11-12-21-18(14-20-19(21)13-17)16-9-5-2-6-10-16;1-2-5-14(6-3-1)15-8-10-21-17(13-20-18(21)11-15)16-7-4-9-19-12-16;1-2-4-14(5-3-1)16-8-11-21-17(13-20-18(21)12-16)15-6-9-19-10-7-15/h1-13,23H,14H2;1-14H;2*1-13H. The van der Waals surface area contributed by atoms with E-state index >= 15 is 0 Å². The van der Waals surface area contributed by atoms with Crippen LogP contribution in [0.3, 0.4) is 0 Å². The molecule has 1 N–H and O–H groups in total. The van der Waals surface area contributed by atoms with Crippen LogP contribution in [0.1, 0.15) is 5.56 Å². The van der Waals surface area contributed by atoms with Crippen LogP contribution in [0.25, 0.3) is 112 Å². The van der Waals surface area contributed by atoms with Gasteiger partial charge in [0.2, 0.25) is 0 Å². The van der Waals surface area contributed by atoms with E-state index in [-0.39, 0.29) is 6.61 Å². The average Bonchev–Trinajstić information content (AvgIpc) is 3.95. The molecular weight excluding hydrogens is 1060 g/mol. The minimum atomic E-state index is 0.0695. The number of aromatic nitrogens is 10. The van der Waals surface area contributed by atoms with Gasteiger partial charge in [-0.3, -0.25) is 27.6 Å². The maximum absolute atomic E-state index is 9.14.